The number of nitrogens with zero attached hydrogens (tertiary/aromatic N) is 6. The molecule has 3 aliphatic heterocycles. The highest BCUT2D eigenvalue weighted by atomic mass is 19.1. The van der Waals surface area contributed by atoms with Crippen molar-refractivity contribution in [2.45, 2.75) is 43.9 Å². The molecule has 0 saturated carbocycles. The Kier molecular flexibility index (Phi) is 5.70. The number of fused-ring (bicyclic) bond motifs is 2. The molecule has 38 heavy (non-hydrogen) atoms. The van der Waals surface area contributed by atoms with E-state index in [9.17, 15) is 5.11 Å². The first-order valence-corrected chi connectivity index (χ1v) is 13.2. The standard InChI is InChI=1S/C27H30FN7O3/c28-23-24(36)20(14-37-17-6-4-16-5-7-21(32-18(16)12-17)34-10-3-11-34)38-27(23)35-13-19(33-8-1-2-9-33)22-25(29)30-15-31-26(22)35/h4-7,12-13,15,20,23-24,27,36H,1-3,8-11,14H2,(H2,29,30,31)/t20-,23+,24-,27-/m1/s1. The van der Waals surface area contributed by atoms with Crippen LogP contribution >= 0.6 is 0 Å². The minimum Gasteiger partial charge on any atom is -0.491 e. The normalized spacial score (nSPS) is 25.4. The summed E-state index contributed by atoms with van der Waals surface area (Å²) < 4.78 is 29.1. The predicted octanol–water partition coefficient (Wildman–Crippen LogP) is 3.05. The van der Waals surface area contributed by atoms with Gasteiger partial charge >= 0.3 is 0 Å². The molecule has 11 heteroatoms. The second kappa shape index (κ2) is 9.25. The van der Waals surface area contributed by atoms with Crippen molar-refractivity contribution >= 4 is 39.3 Å². The highest BCUT2D eigenvalue weighted by Gasteiger charge is 2.46. The van der Waals surface area contributed by atoms with Gasteiger partial charge in [0.1, 0.15) is 48.2 Å². The summed E-state index contributed by atoms with van der Waals surface area (Å²) in [6, 6.07) is 9.74. The van der Waals surface area contributed by atoms with Crippen molar-refractivity contribution in [1.29, 1.82) is 0 Å². The quantitative estimate of drug-likeness (QED) is 0.397. The molecular formula is C27H30FN7O3. The van der Waals surface area contributed by atoms with Crippen LogP contribution < -0.4 is 20.3 Å². The van der Waals surface area contributed by atoms with Gasteiger partial charge in [-0.3, -0.25) is 0 Å². The number of anilines is 3. The molecule has 3 fully saturated rings. The van der Waals surface area contributed by atoms with Crippen LogP contribution in [-0.4, -0.2) is 75.8 Å². The van der Waals surface area contributed by atoms with Crippen molar-refractivity contribution in [1.82, 2.24) is 19.5 Å². The average molecular weight is 520 g/mol. The fourth-order valence-corrected chi connectivity index (χ4v) is 5.62. The molecule has 3 aromatic heterocycles. The summed E-state index contributed by atoms with van der Waals surface area (Å²) in [6.07, 6.45) is 1.56. The van der Waals surface area contributed by atoms with Crippen molar-refractivity contribution in [2.24, 2.45) is 0 Å². The van der Waals surface area contributed by atoms with Gasteiger partial charge in [0.25, 0.3) is 0 Å². The lowest BCUT2D eigenvalue weighted by Crippen LogP contribution is -2.37. The molecule has 3 N–H and O–H groups in total. The minimum atomic E-state index is -1.67. The van der Waals surface area contributed by atoms with Crippen molar-refractivity contribution in [3.63, 3.8) is 0 Å². The number of hydrogen-bond acceptors (Lipinski definition) is 9. The highest BCUT2D eigenvalue weighted by molar-refractivity contribution is 5.98. The average Bonchev–Trinajstić information content (AvgIpc) is 3.61. The topological polar surface area (TPSA) is 115 Å². The Labute approximate surface area is 218 Å². The van der Waals surface area contributed by atoms with Crippen LogP contribution in [0.25, 0.3) is 21.9 Å². The van der Waals surface area contributed by atoms with E-state index in [1.165, 1.54) is 12.7 Å². The van der Waals surface area contributed by atoms with E-state index in [1.807, 2.05) is 30.5 Å². The summed E-state index contributed by atoms with van der Waals surface area (Å²) in [5.74, 6) is 1.88. The third kappa shape index (κ3) is 3.88. The number of alkyl halides is 1. The number of nitrogens with two attached hydrogens (primary N) is 1. The molecule has 3 aliphatic rings. The maximum atomic E-state index is 15.5. The van der Waals surface area contributed by atoms with Crippen molar-refractivity contribution in [3.05, 3.63) is 42.9 Å². The number of rotatable bonds is 6. The van der Waals surface area contributed by atoms with E-state index in [4.69, 9.17) is 20.2 Å². The lowest BCUT2D eigenvalue weighted by molar-refractivity contribution is -0.0410. The van der Waals surface area contributed by atoms with E-state index in [-0.39, 0.29) is 6.61 Å². The van der Waals surface area contributed by atoms with Gasteiger partial charge in [-0.1, -0.05) is 0 Å². The molecule has 0 spiro atoms. The maximum Gasteiger partial charge on any atom is 0.173 e. The van der Waals surface area contributed by atoms with E-state index in [0.29, 0.717) is 22.6 Å². The number of benzene rings is 1. The Morgan fingerprint density at radius 1 is 1.05 bits per heavy atom. The molecule has 7 rings (SSSR count). The van der Waals surface area contributed by atoms with Gasteiger partial charge in [-0.15, -0.1) is 0 Å². The van der Waals surface area contributed by atoms with Crippen LogP contribution in [-0.2, 0) is 4.74 Å². The fourth-order valence-electron chi connectivity index (χ4n) is 5.62. The van der Waals surface area contributed by atoms with E-state index < -0.39 is 24.6 Å². The molecule has 6 heterocycles. The van der Waals surface area contributed by atoms with Gasteiger partial charge in [-0.25, -0.2) is 19.3 Å². The zero-order chi connectivity index (χ0) is 25.8. The van der Waals surface area contributed by atoms with Gasteiger partial charge in [-0.2, -0.15) is 0 Å². The van der Waals surface area contributed by atoms with Crippen LogP contribution in [0, 0.1) is 0 Å². The molecule has 10 nitrogen and oxygen atoms in total. The smallest absolute Gasteiger partial charge is 0.173 e. The minimum absolute atomic E-state index is 0.00921. The Morgan fingerprint density at radius 3 is 2.63 bits per heavy atom. The third-order valence-corrected chi connectivity index (χ3v) is 7.88. The highest BCUT2D eigenvalue weighted by Crippen LogP contribution is 2.40. The fraction of sp³-hybridized carbons (Fsp3) is 0.444. The molecule has 0 aliphatic carbocycles. The third-order valence-electron chi connectivity index (χ3n) is 7.88. The van der Waals surface area contributed by atoms with E-state index in [1.54, 1.807) is 4.57 Å². The Bertz CT molecular complexity index is 1490. The molecule has 3 saturated heterocycles. The second-order valence-electron chi connectivity index (χ2n) is 10.2. The second-order valence-corrected chi connectivity index (χ2v) is 10.2. The first-order chi connectivity index (χ1) is 18.6. The van der Waals surface area contributed by atoms with Crippen molar-refractivity contribution < 1.29 is 19.0 Å². The molecule has 0 radical (unpaired) electrons. The van der Waals surface area contributed by atoms with Crippen LogP contribution in [0.3, 0.4) is 0 Å². The van der Waals surface area contributed by atoms with Gasteiger partial charge in [-0.05, 0) is 43.5 Å². The number of halogens is 1. The summed E-state index contributed by atoms with van der Waals surface area (Å²) >= 11 is 0. The molecule has 1 aromatic carbocycles. The Morgan fingerprint density at radius 2 is 1.84 bits per heavy atom. The van der Waals surface area contributed by atoms with Crippen LogP contribution in [0.5, 0.6) is 5.75 Å². The SMILES string of the molecule is Nc1ncnc2c1c(N1CCCC1)cn2[C@@H]1O[C@H](COc2ccc3ccc(N4CCC4)nc3c2)[C@@H](O)[C@@H]1F. The maximum absolute atomic E-state index is 15.5. The van der Waals surface area contributed by atoms with Gasteiger partial charge in [0, 0.05) is 43.8 Å². The van der Waals surface area contributed by atoms with Crippen LogP contribution in [0.4, 0.5) is 21.7 Å². The first-order valence-electron chi connectivity index (χ1n) is 13.2. The number of nitrogen functional groups attached to an aromatic ring is 1. The summed E-state index contributed by atoms with van der Waals surface area (Å²) in [4.78, 5) is 17.7. The summed E-state index contributed by atoms with van der Waals surface area (Å²) in [7, 11) is 0. The number of aliphatic hydroxyl groups is 1. The monoisotopic (exact) mass is 519 g/mol. The van der Waals surface area contributed by atoms with Gasteiger partial charge in [0.2, 0.25) is 0 Å². The molecule has 198 valence electrons. The van der Waals surface area contributed by atoms with E-state index >= 15 is 4.39 Å². The number of aromatic nitrogens is 4. The molecule has 4 atom stereocenters. The molecule has 0 bridgehead atoms. The zero-order valence-electron chi connectivity index (χ0n) is 20.9. The predicted molar refractivity (Wildman–Crippen MR) is 142 cm³/mol. The van der Waals surface area contributed by atoms with Crippen LogP contribution in [0.1, 0.15) is 25.5 Å². The lowest BCUT2D eigenvalue weighted by Gasteiger charge is -2.32. The largest absolute Gasteiger partial charge is 0.491 e. The van der Waals surface area contributed by atoms with Gasteiger partial charge in [0.05, 0.1) is 16.6 Å². The molecular weight excluding hydrogens is 489 g/mol. The summed E-state index contributed by atoms with van der Waals surface area (Å²) in [6.45, 7) is 3.80. The van der Waals surface area contributed by atoms with Crippen molar-refractivity contribution in [3.8, 4) is 5.75 Å². The lowest BCUT2D eigenvalue weighted by atomic mass is 10.1. The van der Waals surface area contributed by atoms with Crippen LogP contribution in [0.15, 0.2) is 42.9 Å². The van der Waals surface area contributed by atoms with Gasteiger partial charge in [0.15, 0.2) is 12.4 Å². The Hall–Kier alpha value is -3.70. The molecule has 0 unspecified atom stereocenters. The molecule has 4 aromatic rings. The first kappa shape index (κ1) is 23.4. The summed E-state index contributed by atoms with van der Waals surface area (Å²) in [5.41, 5.74) is 8.39. The number of hydrogen-bond donors (Lipinski definition) is 2. The van der Waals surface area contributed by atoms with E-state index in [2.05, 4.69) is 25.8 Å². The van der Waals surface area contributed by atoms with Crippen molar-refractivity contribution in [2.75, 3.05) is 48.3 Å². The number of ether oxygens (including phenoxy) is 2. The number of aliphatic hydroxyl groups excluding tert-OH is 1. The zero-order valence-corrected chi connectivity index (χ0v) is 20.9. The number of pyridine rings is 1. The van der Waals surface area contributed by atoms with E-state index in [0.717, 1.165) is 61.4 Å². The Balaban J connectivity index is 1.11. The summed E-state index contributed by atoms with van der Waals surface area (Å²) in [5, 5.41) is 12.4. The van der Waals surface area contributed by atoms with Gasteiger partial charge < -0.3 is 34.7 Å². The molecule has 0 amide bonds. The van der Waals surface area contributed by atoms with Crippen LogP contribution in [0.2, 0.25) is 0 Å².